The number of benzene rings is 1. The molecule has 1 aromatic rings. The van der Waals surface area contributed by atoms with Gasteiger partial charge in [-0.25, -0.2) is 5.84 Å². The summed E-state index contributed by atoms with van der Waals surface area (Å²) in [6, 6.07) is 8.11. The second-order valence-electron chi connectivity index (χ2n) is 5.51. The Bertz CT molecular complexity index is 437. The van der Waals surface area contributed by atoms with Crippen LogP contribution in [0.25, 0.3) is 0 Å². The third kappa shape index (κ3) is 4.30. The molecule has 2 unspecified atom stereocenters. The molecule has 0 bridgehead atoms. The maximum absolute atomic E-state index is 11.2. The smallest absolute Gasteiger partial charge is 0.238 e. The van der Waals surface area contributed by atoms with Crippen molar-refractivity contribution in [2.45, 2.75) is 39.0 Å². The molecule has 2 atom stereocenters. The van der Waals surface area contributed by atoms with Crippen molar-refractivity contribution >= 4 is 5.91 Å². The molecule has 1 aliphatic heterocycles. The van der Waals surface area contributed by atoms with Crippen molar-refractivity contribution < 1.29 is 9.53 Å². The monoisotopic (exact) mass is 277 g/mol. The lowest BCUT2D eigenvalue weighted by Crippen LogP contribution is -2.44. The molecule has 0 aromatic heterocycles. The van der Waals surface area contributed by atoms with Gasteiger partial charge in [-0.05, 0) is 25.0 Å². The summed E-state index contributed by atoms with van der Waals surface area (Å²) in [5.74, 6) is 4.91. The molecule has 5 nitrogen and oxygen atoms in total. The molecule has 20 heavy (non-hydrogen) atoms. The van der Waals surface area contributed by atoms with Gasteiger partial charge >= 0.3 is 0 Å². The highest BCUT2D eigenvalue weighted by atomic mass is 16.5. The van der Waals surface area contributed by atoms with Gasteiger partial charge in [-0.15, -0.1) is 0 Å². The Morgan fingerprint density at radius 2 is 1.80 bits per heavy atom. The van der Waals surface area contributed by atoms with Crippen molar-refractivity contribution in [2.24, 2.45) is 5.84 Å². The summed E-state index contributed by atoms with van der Waals surface area (Å²) in [7, 11) is 0. The van der Waals surface area contributed by atoms with E-state index in [0.717, 1.165) is 25.2 Å². The van der Waals surface area contributed by atoms with Gasteiger partial charge in [0.25, 0.3) is 0 Å². The van der Waals surface area contributed by atoms with E-state index in [1.807, 2.05) is 12.1 Å². The number of carbonyl (C=O) groups is 1. The van der Waals surface area contributed by atoms with E-state index < -0.39 is 0 Å². The third-order valence-electron chi connectivity index (χ3n) is 3.45. The Kier molecular flexibility index (Phi) is 5.11. The van der Waals surface area contributed by atoms with E-state index in [-0.39, 0.29) is 18.1 Å². The van der Waals surface area contributed by atoms with Crippen LogP contribution in [0.5, 0.6) is 0 Å². The van der Waals surface area contributed by atoms with Crippen LogP contribution in [0.4, 0.5) is 0 Å². The highest BCUT2D eigenvalue weighted by Gasteiger charge is 2.21. The standard InChI is InChI=1S/C15H23N3O2/c1-11-8-18(9-12(2)20-11)10-14-5-3-13(4-6-14)7-15(19)17-16/h3-6,11-12H,7-10,16H2,1-2H3,(H,17,19). The number of nitrogens with two attached hydrogens (primary N) is 1. The largest absolute Gasteiger partial charge is 0.373 e. The molecule has 1 heterocycles. The lowest BCUT2D eigenvalue weighted by atomic mass is 10.1. The first-order chi connectivity index (χ1) is 9.56. The van der Waals surface area contributed by atoms with Gasteiger partial charge in [0, 0.05) is 19.6 Å². The maximum atomic E-state index is 11.2. The molecule has 3 N–H and O–H groups in total. The minimum atomic E-state index is -0.173. The number of nitrogens with one attached hydrogen (secondary N) is 1. The molecule has 1 fully saturated rings. The van der Waals surface area contributed by atoms with Crippen molar-refractivity contribution in [3.8, 4) is 0 Å². The number of nitrogens with zero attached hydrogens (tertiary/aromatic N) is 1. The summed E-state index contributed by atoms with van der Waals surface area (Å²) < 4.78 is 5.73. The average Bonchev–Trinajstić information content (AvgIpc) is 2.39. The van der Waals surface area contributed by atoms with Crippen LogP contribution in [0.15, 0.2) is 24.3 Å². The summed E-state index contributed by atoms with van der Waals surface area (Å²) in [4.78, 5) is 13.6. The van der Waals surface area contributed by atoms with Gasteiger partial charge in [-0.3, -0.25) is 15.1 Å². The number of carbonyl (C=O) groups excluding carboxylic acids is 1. The normalized spacial score (nSPS) is 23.6. The third-order valence-corrected chi connectivity index (χ3v) is 3.45. The van der Waals surface area contributed by atoms with Gasteiger partial charge in [0.1, 0.15) is 0 Å². The topological polar surface area (TPSA) is 67.6 Å². The second kappa shape index (κ2) is 6.83. The summed E-state index contributed by atoms with van der Waals surface area (Å²) in [6.07, 6.45) is 0.889. The molecule has 0 spiro atoms. The summed E-state index contributed by atoms with van der Waals surface area (Å²) in [6.45, 7) is 7.05. The van der Waals surface area contributed by atoms with Crippen LogP contribution in [-0.2, 0) is 22.5 Å². The van der Waals surface area contributed by atoms with E-state index in [9.17, 15) is 4.79 Å². The maximum Gasteiger partial charge on any atom is 0.238 e. The van der Waals surface area contributed by atoms with E-state index in [4.69, 9.17) is 10.6 Å². The molecule has 0 aliphatic carbocycles. The van der Waals surface area contributed by atoms with Crippen molar-refractivity contribution in [3.05, 3.63) is 35.4 Å². The molecule has 2 rings (SSSR count). The molecule has 5 heteroatoms. The first-order valence-electron chi connectivity index (χ1n) is 7.02. The zero-order valence-corrected chi connectivity index (χ0v) is 12.1. The highest BCUT2D eigenvalue weighted by molar-refractivity contribution is 5.77. The van der Waals surface area contributed by atoms with Crippen molar-refractivity contribution in [1.29, 1.82) is 0 Å². The zero-order chi connectivity index (χ0) is 14.5. The van der Waals surface area contributed by atoms with Crippen molar-refractivity contribution in [3.63, 3.8) is 0 Å². The van der Waals surface area contributed by atoms with Gasteiger partial charge in [0.05, 0.1) is 18.6 Å². The predicted octanol–water partition coefficient (Wildman–Crippen LogP) is 0.828. The number of hydrogen-bond acceptors (Lipinski definition) is 4. The molecule has 110 valence electrons. The van der Waals surface area contributed by atoms with Crippen molar-refractivity contribution in [2.75, 3.05) is 13.1 Å². The van der Waals surface area contributed by atoms with E-state index in [2.05, 4.69) is 36.3 Å². The second-order valence-corrected chi connectivity index (χ2v) is 5.51. The molecule has 0 saturated carbocycles. The van der Waals surface area contributed by atoms with E-state index in [1.54, 1.807) is 0 Å². The van der Waals surface area contributed by atoms with Gasteiger partial charge in [-0.1, -0.05) is 24.3 Å². The summed E-state index contributed by atoms with van der Waals surface area (Å²) >= 11 is 0. The van der Waals surface area contributed by atoms with Crippen LogP contribution < -0.4 is 11.3 Å². The fourth-order valence-electron chi connectivity index (χ4n) is 2.67. The Morgan fingerprint density at radius 3 is 2.35 bits per heavy atom. The van der Waals surface area contributed by atoms with Crippen LogP contribution in [-0.4, -0.2) is 36.1 Å². The van der Waals surface area contributed by atoms with Gasteiger partial charge in [0.15, 0.2) is 0 Å². The van der Waals surface area contributed by atoms with Crippen LogP contribution in [0.1, 0.15) is 25.0 Å². The Hall–Kier alpha value is -1.43. The summed E-state index contributed by atoms with van der Waals surface area (Å²) in [5, 5.41) is 0. The molecule has 0 radical (unpaired) electrons. The fraction of sp³-hybridized carbons (Fsp3) is 0.533. The molecular formula is C15H23N3O2. The average molecular weight is 277 g/mol. The van der Waals surface area contributed by atoms with Crippen LogP contribution in [0.3, 0.4) is 0 Å². The lowest BCUT2D eigenvalue weighted by Gasteiger charge is -2.35. The van der Waals surface area contributed by atoms with Gasteiger partial charge < -0.3 is 4.74 Å². The van der Waals surface area contributed by atoms with E-state index >= 15 is 0 Å². The number of rotatable bonds is 4. The van der Waals surface area contributed by atoms with Crippen molar-refractivity contribution in [1.82, 2.24) is 10.3 Å². The van der Waals surface area contributed by atoms with E-state index in [0.29, 0.717) is 6.42 Å². The fourth-order valence-corrected chi connectivity index (χ4v) is 2.67. The van der Waals surface area contributed by atoms with E-state index in [1.165, 1.54) is 5.56 Å². The number of hydrazine groups is 1. The lowest BCUT2D eigenvalue weighted by molar-refractivity contribution is -0.120. The number of amides is 1. The SMILES string of the molecule is CC1CN(Cc2ccc(CC(=O)NN)cc2)CC(C)O1. The van der Waals surface area contributed by atoms with Gasteiger partial charge in [0.2, 0.25) is 5.91 Å². The number of hydrogen-bond donors (Lipinski definition) is 2. The number of ether oxygens (including phenoxy) is 1. The summed E-state index contributed by atoms with van der Waals surface area (Å²) in [5.41, 5.74) is 4.37. The van der Waals surface area contributed by atoms with Crippen LogP contribution >= 0.6 is 0 Å². The molecular weight excluding hydrogens is 254 g/mol. The molecule has 1 saturated heterocycles. The zero-order valence-electron chi connectivity index (χ0n) is 12.1. The predicted molar refractivity (Wildman–Crippen MR) is 77.8 cm³/mol. The quantitative estimate of drug-likeness (QED) is 0.486. The number of morpholine rings is 1. The Labute approximate surface area is 120 Å². The van der Waals surface area contributed by atoms with Crippen LogP contribution in [0.2, 0.25) is 0 Å². The Morgan fingerprint density at radius 1 is 1.25 bits per heavy atom. The highest BCUT2D eigenvalue weighted by Crippen LogP contribution is 2.14. The first kappa shape index (κ1) is 15.0. The first-order valence-corrected chi connectivity index (χ1v) is 7.02. The minimum absolute atomic E-state index is 0.173. The molecule has 1 aliphatic rings. The molecule has 1 amide bonds. The minimum Gasteiger partial charge on any atom is -0.373 e. The Balaban J connectivity index is 1.91. The van der Waals surface area contributed by atoms with Crippen LogP contribution in [0, 0.1) is 0 Å². The molecule has 1 aromatic carbocycles. The van der Waals surface area contributed by atoms with Gasteiger partial charge in [-0.2, -0.15) is 0 Å².